The van der Waals surface area contributed by atoms with Crippen molar-refractivity contribution < 1.29 is 4.79 Å². The lowest BCUT2D eigenvalue weighted by Gasteiger charge is -2.12. The van der Waals surface area contributed by atoms with E-state index in [0.717, 1.165) is 17.1 Å². The molecule has 3 rings (SSSR count). The molecule has 1 aromatic carbocycles. The molecule has 23 heavy (non-hydrogen) atoms. The third-order valence-corrected chi connectivity index (χ3v) is 4.01. The van der Waals surface area contributed by atoms with Gasteiger partial charge in [0, 0.05) is 36.4 Å². The van der Waals surface area contributed by atoms with Crippen LogP contribution in [-0.2, 0) is 7.05 Å². The van der Waals surface area contributed by atoms with E-state index in [4.69, 9.17) is 11.6 Å². The van der Waals surface area contributed by atoms with Gasteiger partial charge in [0.15, 0.2) is 5.82 Å². The lowest BCUT2D eigenvalue weighted by molar-refractivity contribution is 0.102. The Labute approximate surface area is 139 Å². The molecule has 0 fully saturated rings. The van der Waals surface area contributed by atoms with Gasteiger partial charge in [-0.2, -0.15) is 5.10 Å². The number of carbonyl (C=O) groups excluding carboxylic acids is 1. The van der Waals surface area contributed by atoms with Crippen LogP contribution >= 0.6 is 11.6 Å². The third-order valence-electron chi connectivity index (χ3n) is 3.68. The fraction of sp³-hybridized carbons (Fsp3) is 0.176. The van der Waals surface area contributed by atoms with Gasteiger partial charge in [-0.1, -0.05) is 11.6 Å². The van der Waals surface area contributed by atoms with E-state index in [2.05, 4.69) is 15.0 Å². The monoisotopic (exact) mass is 328 g/mol. The lowest BCUT2D eigenvalue weighted by Crippen LogP contribution is -2.14. The summed E-state index contributed by atoms with van der Waals surface area (Å²) in [6.07, 6.45) is 1.76. The van der Waals surface area contributed by atoms with E-state index >= 15 is 0 Å². The summed E-state index contributed by atoms with van der Waals surface area (Å²) >= 11 is 6.21. The SMILES string of the molecule is Cc1ccc(C)n1-c1ccc(Cl)c(C(=O)Nc2ccn(C)n2)c1. The van der Waals surface area contributed by atoms with E-state index in [-0.39, 0.29) is 5.91 Å². The second kappa shape index (κ2) is 5.93. The maximum Gasteiger partial charge on any atom is 0.258 e. The first-order chi connectivity index (χ1) is 11.0. The van der Waals surface area contributed by atoms with Crippen LogP contribution in [0, 0.1) is 13.8 Å². The molecule has 0 atom stereocenters. The van der Waals surface area contributed by atoms with E-state index in [1.165, 1.54) is 0 Å². The van der Waals surface area contributed by atoms with Crippen molar-refractivity contribution in [2.75, 3.05) is 5.32 Å². The number of halogens is 1. The number of aryl methyl sites for hydroxylation is 3. The Hall–Kier alpha value is -2.53. The van der Waals surface area contributed by atoms with Gasteiger partial charge in [-0.25, -0.2) is 0 Å². The summed E-state index contributed by atoms with van der Waals surface area (Å²) in [7, 11) is 1.79. The number of hydrogen-bond donors (Lipinski definition) is 1. The molecule has 118 valence electrons. The first-order valence-corrected chi connectivity index (χ1v) is 7.59. The van der Waals surface area contributed by atoms with E-state index in [0.29, 0.717) is 16.4 Å². The van der Waals surface area contributed by atoms with Crippen molar-refractivity contribution in [1.29, 1.82) is 0 Å². The van der Waals surface area contributed by atoms with Crippen LogP contribution in [0.3, 0.4) is 0 Å². The normalized spacial score (nSPS) is 10.8. The number of anilines is 1. The number of benzene rings is 1. The Morgan fingerprint density at radius 2 is 1.83 bits per heavy atom. The van der Waals surface area contributed by atoms with Crippen molar-refractivity contribution in [1.82, 2.24) is 14.3 Å². The summed E-state index contributed by atoms with van der Waals surface area (Å²) in [5, 5.41) is 7.31. The zero-order valence-electron chi connectivity index (χ0n) is 13.2. The average molecular weight is 329 g/mol. The number of nitrogens with zero attached hydrogens (tertiary/aromatic N) is 3. The zero-order chi connectivity index (χ0) is 16.6. The van der Waals surface area contributed by atoms with Crippen molar-refractivity contribution >= 4 is 23.3 Å². The van der Waals surface area contributed by atoms with Gasteiger partial charge >= 0.3 is 0 Å². The van der Waals surface area contributed by atoms with Crippen LogP contribution in [0.15, 0.2) is 42.6 Å². The smallest absolute Gasteiger partial charge is 0.258 e. The van der Waals surface area contributed by atoms with Crippen LogP contribution in [0.5, 0.6) is 0 Å². The molecular weight excluding hydrogens is 312 g/mol. The molecule has 0 spiro atoms. The molecule has 0 bridgehead atoms. The van der Waals surface area contributed by atoms with Crippen LogP contribution < -0.4 is 5.32 Å². The maximum absolute atomic E-state index is 12.5. The van der Waals surface area contributed by atoms with E-state index in [9.17, 15) is 4.79 Å². The predicted octanol–water partition coefficient (Wildman–Crippen LogP) is 3.73. The molecular formula is C17H17ClN4O. The highest BCUT2D eigenvalue weighted by molar-refractivity contribution is 6.34. The van der Waals surface area contributed by atoms with Crippen LogP contribution in [0.4, 0.5) is 5.82 Å². The predicted molar refractivity (Wildman–Crippen MR) is 91.4 cm³/mol. The fourth-order valence-corrected chi connectivity index (χ4v) is 2.77. The quantitative estimate of drug-likeness (QED) is 0.796. The number of hydrogen-bond acceptors (Lipinski definition) is 2. The summed E-state index contributed by atoms with van der Waals surface area (Å²) in [4.78, 5) is 12.5. The van der Waals surface area contributed by atoms with Gasteiger partial charge in [-0.15, -0.1) is 0 Å². The highest BCUT2D eigenvalue weighted by Gasteiger charge is 2.14. The third kappa shape index (κ3) is 3.00. The molecule has 5 nitrogen and oxygen atoms in total. The Morgan fingerprint density at radius 3 is 2.43 bits per heavy atom. The van der Waals surface area contributed by atoms with Crippen molar-refractivity contribution in [2.45, 2.75) is 13.8 Å². The number of aromatic nitrogens is 3. The average Bonchev–Trinajstić information content (AvgIpc) is 3.06. The van der Waals surface area contributed by atoms with Gasteiger partial charge < -0.3 is 9.88 Å². The topological polar surface area (TPSA) is 51.9 Å². The van der Waals surface area contributed by atoms with Crippen LogP contribution in [0.2, 0.25) is 5.02 Å². The summed E-state index contributed by atoms with van der Waals surface area (Å²) < 4.78 is 3.70. The summed E-state index contributed by atoms with van der Waals surface area (Å²) in [6.45, 7) is 4.05. The number of amides is 1. The standard InChI is InChI=1S/C17H17ClN4O/c1-11-4-5-12(2)22(11)13-6-7-15(18)14(10-13)17(23)19-16-8-9-21(3)20-16/h4-10H,1-3H3,(H,19,20,23). The molecule has 1 amide bonds. The fourth-order valence-electron chi connectivity index (χ4n) is 2.57. The molecule has 0 aliphatic rings. The number of nitrogens with one attached hydrogen (secondary N) is 1. The minimum Gasteiger partial charge on any atom is -0.318 e. The molecule has 2 aromatic heterocycles. The molecule has 3 aromatic rings. The largest absolute Gasteiger partial charge is 0.318 e. The highest BCUT2D eigenvalue weighted by atomic mass is 35.5. The molecule has 0 aliphatic carbocycles. The minimum absolute atomic E-state index is 0.280. The van der Waals surface area contributed by atoms with Gasteiger partial charge in [-0.05, 0) is 44.2 Å². The highest BCUT2D eigenvalue weighted by Crippen LogP contribution is 2.23. The summed E-state index contributed by atoms with van der Waals surface area (Å²) in [5.74, 6) is 0.213. The minimum atomic E-state index is -0.280. The molecule has 0 radical (unpaired) electrons. The number of carbonyl (C=O) groups is 1. The van der Waals surface area contributed by atoms with Crippen molar-refractivity contribution in [3.8, 4) is 5.69 Å². The van der Waals surface area contributed by atoms with Gasteiger partial charge in [0.05, 0.1) is 10.6 Å². The lowest BCUT2D eigenvalue weighted by atomic mass is 10.1. The van der Waals surface area contributed by atoms with Crippen LogP contribution in [0.25, 0.3) is 5.69 Å². The Kier molecular flexibility index (Phi) is 3.96. The van der Waals surface area contributed by atoms with Gasteiger partial charge in [-0.3, -0.25) is 9.48 Å². The second-order valence-electron chi connectivity index (χ2n) is 5.44. The Balaban J connectivity index is 1.96. The number of rotatable bonds is 3. The molecule has 1 N–H and O–H groups in total. The molecule has 2 heterocycles. The maximum atomic E-state index is 12.5. The first-order valence-electron chi connectivity index (χ1n) is 7.21. The molecule has 0 saturated carbocycles. The second-order valence-corrected chi connectivity index (χ2v) is 5.85. The van der Waals surface area contributed by atoms with Gasteiger partial charge in [0.1, 0.15) is 0 Å². The van der Waals surface area contributed by atoms with Gasteiger partial charge in [0.25, 0.3) is 5.91 Å². The Bertz CT molecular complexity index is 859. The molecule has 6 heteroatoms. The van der Waals surface area contributed by atoms with Crippen LogP contribution in [0.1, 0.15) is 21.7 Å². The Morgan fingerprint density at radius 1 is 1.13 bits per heavy atom. The van der Waals surface area contributed by atoms with Crippen molar-refractivity contribution in [3.63, 3.8) is 0 Å². The first kappa shape index (κ1) is 15.4. The van der Waals surface area contributed by atoms with E-state index in [1.54, 1.807) is 36.1 Å². The van der Waals surface area contributed by atoms with E-state index < -0.39 is 0 Å². The van der Waals surface area contributed by atoms with Gasteiger partial charge in [0.2, 0.25) is 0 Å². The summed E-state index contributed by atoms with van der Waals surface area (Å²) in [6, 6.07) is 11.2. The van der Waals surface area contributed by atoms with Crippen molar-refractivity contribution in [3.05, 3.63) is 64.6 Å². The van der Waals surface area contributed by atoms with Crippen molar-refractivity contribution in [2.24, 2.45) is 7.05 Å². The zero-order valence-corrected chi connectivity index (χ0v) is 13.9. The summed E-state index contributed by atoms with van der Waals surface area (Å²) in [5.41, 5.74) is 3.52. The van der Waals surface area contributed by atoms with Crippen LogP contribution in [-0.4, -0.2) is 20.3 Å². The molecule has 0 unspecified atom stereocenters. The van der Waals surface area contributed by atoms with E-state index in [1.807, 2.05) is 32.0 Å². The molecule has 0 aliphatic heterocycles. The molecule has 0 saturated heterocycles.